The monoisotopic (exact) mass is 269 g/mol. The SMILES string of the molecule is COc1ccc(CNc2ncccc2C#N)c(OC)c1. The van der Waals surface area contributed by atoms with E-state index in [9.17, 15) is 0 Å². The van der Waals surface area contributed by atoms with E-state index < -0.39 is 0 Å². The minimum Gasteiger partial charge on any atom is -0.497 e. The third-order valence-corrected chi connectivity index (χ3v) is 2.87. The molecular formula is C15H15N3O2. The molecule has 0 aliphatic carbocycles. The topological polar surface area (TPSA) is 67.2 Å². The first kappa shape index (κ1) is 13.7. The van der Waals surface area contributed by atoms with Crippen molar-refractivity contribution in [2.45, 2.75) is 6.54 Å². The average Bonchev–Trinajstić information content (AvgIpc) is 2.52. The van der Waals surface area contributed by atoms with Gasteiger partial charge in [0, 0.05) is 24.4 Å². The van der Waals surface area contributed by atoms with Crippen LogP contribution in [0.4, 0.5) is 5.82 Å². The molecule has 2 aromatic rings. The van der Waals surface area contributed by atoms with Gasteiger partial charge < -0.3 is 14.8 Å². The predicted octanol–water partition coefficient (Wildman–Crippen LogP) is 2.58. The summed E-state index contributed by atoms with van der Waals surface area (Å²) in [5, 5.41) is 12.2. The fraction of sp³-hybridized carbons (Fsp3) is 0.200. The fourth-order valence-electron chi connectivity index (χ4n) is 1.81. The van der Waals surface area contributed by atoms with Gasteiger partial charge in [0.1, 0.15) is 23.4 Å². The zero-order chi connectivity index (χ0) is 14.4. The van der Waals surface area contributed by atoms with Crippen LogP contribution in [0.2, 0.25) is 0 Å². The lowest BCUT2D eigenvalue weighted by molar-refractivity contribution is 0.391. The molecule has 0 bridgehead atoms. The Balaban J connectivity index is 2.17. The predicted molar refractivity (Wildman–Crippen MR) is 75.8 cm³/mol. The summed E-state index contributed by atoms with van der Waals surface area (Å²) < 4.78 is 10.5. The van der Waals surface area contributed by atoms with Crippen molar-refractivity contribution in [3.63, 3.8) is 0 Å². The zero-order valence-electron chi connectivity index (χ0n) is 11.4. The van der Waals surface area contributed by atoms with Crippen LogP contribution in [0.25, 0.3) is 0 Å². The van der Waals surface area contributed by atoms with Gasteiger partial charge in [-0.25, -0.2) is 4.98 Å². The molecule has 0 radical (unpaired) electrons. The molecule has 0 aliphatic rings. The molecule has 0 amide bonds. The molecule has 2 rings (SSSR count). The normalized spacial score (nSPS) is 9.65. The molecule has 0 aliphatic heterocycles. The molecule has 1 aromatic carbocycles. The Morgan fingerprint density at radius 3 is 2.80 bits per heavy atom. The maximum Gasteiger partial charge on any atom is 0.144 e. The molecule has 0 atom stereocenters. The second-order valence-electron chi connectivity index (χ2n) is 4.04. The summed E-state index contributed by atoms with van der Waals surface area (Å²) in [6, 6.07) is 11.2. The van der Waals surface area contributed by atoms with Gasteiger partial charge in [0.2, 0.25) is 0 Å². The number of nitrogens with one attached hydrogen (secondary N) is 1. The van der Waals surface area contributed by atoms with E-state index in [-0.39, 0.29) is 0 Å². The molecule has 0 fully saturated rings. The van der Waals surface area contributed by atoms with Crippen LogP contribution in [-0.2, 0) is 6.54 Å². The number of rotatable bonds is 5. The second kappa shape index (κ2) is 6.43. The lowest BCUT2D eigenvalue weighted by Crippen LogP contribution is -2.04. The van der Waals surface area contributed by atoms with Gasteiger partial charge in [-0.15, -0.1) is 0 Å². The largest absolute Gasteiger partial charge is 0.497 e. The highest BCUT2D eigenvalue weighted by Gasteiger charge is 2.07. The summed E-state index contributed by atoms with van der Waals surface area (Å²) in [5.41, 5.74) is 1.47. The van der Waals surface area contributed by atoms with Gasteiger partial charge in [-0.3, -0.25) is 0 Å². The van der Waals surface area contributed by atoms with Crippen LogP contribution in [0, 0.1) is 11.3 Å². The van der Waals surface area contributed by atoms with Crippen molar-refractivity contribution in [1.29, 1.82) is 5.26 Å². The van der Waals surface area contributed by atoms with Gasteiger partial charge >= 0.3 is 0 Å². The number of methoxy groups -OCH3 is 2. The molecule has 0 saturated carbocycles. The highest BCUT2D eigenvalue weighted by molar-refractivity contribution is 5.52. The smallest absolute Gasteiger partial charge is 0.144 e. The number of hydrogen-bond donors (Lipinski definition) is 1. The molecule has 20 heavy (non-hydrogen) atoms. The lowest BCUT2D eigenvalue weighted by Gasteiger charge is -2.12. The molecule has 1 aromatic heterocycles. The van der Waals surface area contributed by atoms with E-state index in [1.807, 2.05) is 18.2 Å². The first-order valence-corrected chi connectivity index (χ1v) is 6.08. The van der Waals surface area contributed by atoms with E-state index >= 15 is 0 Å². The minimum absolute atomic E-state index is 0.513. The van der Waals surface area contributed by atoms with Crippen molar-refractivity contribution >= 4 is 5.82 Å². The summed E-state index contributed by atoms with van der Waals surface area (Å²) in [4.78, 5) is 4.15. The number of pyridine rings is 1. The van der Waals surface area contributed by atoms with Crippen molar-refractivity contribution in [3.8, 4) is 17.6 Å². The van der Waals surface area contributed by atoms with Gasteiger partial charge in [-0.2, -0.15) is 5.26 Å². The molecule has 1 heterocycles. The summed E-state index contributed by atoms with van der Waals surface area (Å²) in [5.74, 6) is 2.03. The van der Waals surface area contributed by atoms with E-state index in [4.69, 9.17) is 14.7 Å². The van der Waals surface area contributed by atoms with Crippen LogP contribution in [0.15, 0.2) is 36.5 Å². The minimum atomic E-state index is 0.513. The van der Waals surface area contributed by atoms with E-state index in [0.29, 0.717) is 17.9 Å². The van der Waals surface area contributed by atoms with Gasteiger partial charge in [0.15, 0.2) is 0 Å². The first-order chi connectivity index (χ1) is 9.78. The number of aromatic nitrogens is 1. The molecule has 102 valence electrons. The molecule has 0 spiro atoms. The Hall–Kier alpha value is -2.74. The number of nitriles is 1. The van der Waals surface area contributed by atoms with Gasteiger partial charge in [-0.1, -0.05) is 0 Å². The summed E-state index contributed by atoms with van der Waals surface area (Å²) in [6.45, 7) is 0.513. The van der Waals surface area contributed by atoms with Crippen molar-refractivity contribution in [3.05, 3.63) is 47.7 Å². The van der Waals surface area contributed by atoms with E-state index in [0.717, 1.165) is 17.1 Å². The highest BCUT2D eigenvalue weighted by atomic mass is 16.5. The number of hydrogen-bond acceptors (Lipinski definition) is 5. The number of ether oxygens (including phenoxy) is 2. The lowest BCUT2D eigenvalue weighted by atomic mass is 10.2. The Bertz CT molecular complexity index is 635. The summed E-state index contributed by atoms with van der Waals surface area (Å²) in [6.07, 6.45) is 1.65. The van der Waals surface area contributed by atoms with Crippen molar-refractivity contribution in [1.82, 2.24) is 4.98 Å². The fourth-order valence-corrected chi connectivity index (χ4v) is 1.81. The third kappa shape index (κ3) is 2.98. The second-order valence-corrected chi connectivity index (χ2v) is 4.04. The van der Waals surface area contributed by atoms with Crippen LogP contribution in [0.1, 0.15) is 11.1 Å². The maximum atomic E-state index is 9.01. The Kier molecular flexibility index (Phi) is 4.40. The third-order valence-electron chi connectivity index (χ3n) is 2.87. The first-order valence-electron chi connectivity index (χ1n) is 6.08. The van der Waals surface area contributed by atoms with E-state index in [1.54, 1.807) is 32.5 Å². The van der Waals surface area contributed by atoms with Crippen LogP contribution >= 0.6 is 0 Å². The maximum absolute atomic E-state index is 9.01. The van der Waals surface area contributed by atoms with Crippen molar-refractivity contribution in [2.75, 3.05) is 19.5 Å². The molecule has 5 heteroatoms. The van der Waals surface area contributed by atoms with Crippen LogP contribution in [-0.4, -0.2) is 19.2 Å². The zero-order valence-corrected chi connectivity index (χ0v) is 11.4. The van der Waals surface area contributed by atoms with E-state index in [2.05, 4.69) is 16.4 Å². The van der Waals surface area contributed by atoms with Gasteiger partial charge in [0.25, 0.3) is 0 Å². The Labute approximate surface area is 117 Å². The average molecular weight is 269 g/mol. The van der Waals surface area contributed by atoms with Crippen LogP contribution < -0.4 is 14.8 Å². The van der Waals surface area contributed by atoms with Crippen molar-refractivity contribution < 1.29 is 9.47 Å². The molecule has 0 unspecified atom stereocenters. The van der Waals surface area contributed by atoms with Crippen molar-refractivity contribution in [2.24, 2.45) is 0 Å². The molecule has 1 N–H and O–H groups in total. The molecule has 5 nitrogen and oxygen atoms in total. The number of anilines is 1. The van der Waals surface area contributed by atoms with Crippen LogP contribution in [0.3, 0.4) is 0 Å². The molecule has 0 saturated heterocycles. The Morgan fingerprint density at radius 1 is 1.25 bits per heavy atom. The summed E-state index contributed by atoms with van der Waals surface area (Å²) in [7, 11) is 3.22. The van der Waals surface area contributed by atoms with Gasteiger partial charge in [0.05, 0.1) is 19.8 Å². The quantitative estimate of drug-likeness (QED) is 0.903. The highest BCUT2D eigenvalue weighted by Crippen LogP contribution is 2.25. The van der Waals surface area contributed by atoms with Crippen LogP contribution in [0.5, 0.6) is 11.5 Å². The summed E-state index contributed by atoms with van der Waals surface area (Å²) >= 11 is 0. The standard InChI is InChI=1S/C15H15N3O2/c1-19-13-6-5-12(14(8-13)20-2)10-18-15-11(9-16)4-3-7-17-15/h3-8H,10H2,1-2H3,(H,17,18). The van der Waals surface area contributed by atoms with Gasteiger partial charge in [-0.05, 0) is 24.3 Å². The number of nitrogens with zero attached hydrogens (tertiary/aromatic N) is 2. The van der Waals surface area contributed by atoms with E-state index in [1.165, 1.54) is 0 Å². The Morgan fingerprint density at radius 2 is 2.10 bits per heavy atom. The number of benzene rings is 1. The molecular weight excluding hydrogens is 254 g/mol.